The SMILES string of the molecule is C=CCCc1cccc(CCC)c1. The maximum atomic E-state index is 3.73. The van der Waals surface area contributed by atoms with E-state index in [0.717, 1.165) is 12.8 Å². The Balaban J connectivity index is 2.61. The highest BCUT2D eigenvalue weighted by atomic mass is 14.0. The Kier molecular flexibility index (Phi) is 4.31. The van der Waals surface area contributed by atoms with Crippen LogP contribution < -0.4 is 0 Å². The summed E-state index contributed by atoms with van der Waals surface area (Å²) in [6, 6.07) is 8.87. The summed E-state index contributed by atoms with van der Waals surface area (Å²) in [7, 11) is 0. The van der Waals surface area contributed by atoms with E-state index >= 15 is 0 Å². The van der Waals surface area contributed by atoms with Gasteiger partial charge in [0.2, 0.25) is 0 Å². The van der Waals surface area contributed by atoms with Crippen LogP contribution in [0, 0.1) is 0 Å². The fraction of sp³-hybridized carbons (Fsp3) is 0.385. The lowest BCUT2D eigenvalue weighted by atomic mass is 10.0. The van der Waals surface area contributed by atoms with Crippen LogP contribution in [-0.4, -0.2) is 0 Å². The molecule has 0 unspecified atom stereocenters. The van der Waals surface area contributed by atoms with Crippen molar-refractivity contribution in [3.63, 3.8) is 0 Å². The molecule has 0 aliphatic carbocycles. The minimum absolute atomic E-state index is 1.08. The largest absolute Gasteiger partial charge is 0.103 e. The Morgan fingerprint density at radius 3 is 2.54 bits per heavy atom. The molecule has 0 heteroatoms. The third kappa shape index (κ3) is 3.45. The molecule has 0 aliphatic heterocycles. The molecular weight excluding hydrogens is 156 g/mol. The van der Waals surface area contributed by atoms with Gasteiger partial charge in [-0.2, -0.15) is 0 Å². The molecule has 1 rings (SSSR count). The lowest BCUT2D eigenvalue weighted by molar-refractivity contribution is 0.912. The van der Waals surface area contributed by atoms with Crippen LogP contribution in [0.3, 0.4) is 0 Å². The first kappa shape index (κ1) is 10.0. The molecule has 0 saturated carbocycles. The van der Waals surface area contributed by atoms with Crippen molar-refractivity contribution in [3.8, 4) is 0 Å². The van der Waals surface area contributed by atoms with E-state index in [1.54, 1.807) is 0 Å². The van der Waals surface area contributed by atoms with E-state index < -0.39 is 0 Å². The van der Waals surface area contributed by atoms with Crippen molar-refractivity contribution in [1.29, 1.82) is 0 Å². The van der Waals surface area contributed by atoms with Crippen LogP contribution in [0.15, 0.2) is 36.9 Å². The second kappa shape index (κ2) is 5.58. The predicted molar refractivity (Wildman–Crippen MR) is 59.0 cm³/mol. The van der Waals surface area contributed by atoms with Crippen LogP contribution in [0.5, 0.6) is 0 Å². The van der Waals surface area contributed by atoms with Crippen molar-refractivity contribution in [2.45, 2.75) is 32.6 Å². The summed E-state index contributed by atoms with van der Waals surface area (Å²) >= 11 is 0. The quantitative estimate of drug-likeness (QED) is 0.596. The van der Waals surface area contributed by atoms with Crippen LogP contribution in [0.4, 0.5) is 0 Å². The van der Waals surface area contributed by atoms with Crippen molar-refractivity contribution in [1.82, 2.24) is 0 Å². The van der Waals surface area contributed by atoms with Crippen molar-refractivity contribution in [2.24, 2.45) is 0 Å². The molecular formula is C13H18. The molecule has 0 radical (unpaired) electrons. The minimum atomic E-state index is 1.08. The summed E-state index contributed by atoms with van der Waals surface area (Å²) in [5.41, 5.74) is 2.90. The van der Waals surface area contributed by atoms with Gasteiger partial charge in [-0.1, -0.05) is 43.7 Å². The van der Waals surface area contributed by atoms with Gasteiger partial charge in [0.05, 0.1) is 0 Å². The zero-order valence-corrected chi connectivity index (χ0v) is 8.42. The van der Waals surface area contributed by atoms with E-state index in [0.29, 0.717) is 0 Å². The first-order valence-electron chi connectivity index (χ1n) is 5.05. The lowest BCUT2D eigenvalue weighted by Gasteiger charge is -2.02. The number of allylic oxidation sites excluding steroid dienone is 1. The summed E-state index contributed by atoms with van der Waals surface area (Å²) in [4.78, 5) is 0. The number of benzene rings is 1. The molecule has 0 saturated heterocycles. The Morgan fingerprint density at radius 1 is 1.23 bits per heavy atom. The van der Waals surface area contributed by atoms with Gasteiger partial charge in [0.15, 0.2) is 0 Å². The summed E-state index contributed by atoms with van der Waals surface area (Å²) in [6.45, 7) is 5.95. The van der Waals surface area contributed by atoms with Crippen LogP contribution in [0.1, 0.15) is 30.9 Å². The van der Waals surface area contributed by atoms with E-state index in [4.69, 9.17) is 0 Å². The second-order valence-corrected chi connectivity index (χ2v) is 3.40. The molecule has 0 amide bonds. The van der Waals surface area contributed by atoms with E-state index in [1.807, 2.05) is 6.08 Å². The molecule has 0 heterocycles. The second-order valence-electron chi connectivity index (χ2n) is 3.40. The van der Waals surface area contributed by atoms with E-state index in [2.05, 4.69) is 37.8 Å². The number of rotatable bonds is 5. The molecule has 13 heavy (non-hydrogen) atoms. The average molecular weight is 174 g/mol. The first-order valence-corrected chi connectivity index (χ1v) is 5.05. The molecule has 70 valence electrons. The highest BCUT2D eigenvalue weighted by Gasteiger charge is 1.94. The summed E-state index contributed by atoms with van der Waals surface area (Å²) < 4.78 is 0. The average Bonchev–Trinajstić information content (AvgIpc) is 2.16. The number of hydrogen-bond donors (Lipinski definition) is 0. The van der Waals surface area contributed by atoms with Crippen LogP contribution >= 0.6 is 0 Å². The Labute approximate surface area is 81.3 Å². The molecule has 0 spiro atoms. The fourth-order valence-electron chi connectivity index (χ4n) is 1.50. The predicted octanol–water partition coefficient (Wildman–Crippen LogP) is 3.76. The number of aryl methyl sites for hydroxylation is 2. The van der Waals surface area contributed by atoms with Gasteiger partial charge in [-0.25, -0.2) is 0 Å². The number of hydrogen-bond acceptors (Lipinski definition) is 0. The van der Waals surface area contributed by atoms with Crippen LogP contribution in [0.2, 0.25) is 0 Å². The standard InChI is InChI=1S/C13H18/c1-3-5-8-13-10-6-9-12(11-13)7-4-2/h3,6,9-11H,1,4-5,7-8H2,2H3. The Hall–Kier alpha value is -1.04. The van der Waals surface area contributed by atoms with Crippen molar-refractivity contribution in [2.75, 3.05) is 0 Å². The van der Waals surface area contributed by atoms with Gasteiger partial charge in [-0.05, 0) is 30.4 Å². The molecule has 0 fully saturated rings. The Bertz CT molecular complexity index is 260. The van der Waals surface area contributed by atoms with Gasteiger partial charge < -0.3 is 0 Å². The zero-order chi connectivity index (χ0) is 9.52. The maximum Gasteiger partial charge on any atom is -0.0244 e. The van der Waals surface area contributed by atoms with Gasteiger partial charge in [-0.3, -0.25) is 0 Å². The summed E-state index contributed by atoms with van der Waals surface area (Å²) in [5, 5.41) is 0. The minimum Gasteiger partial charge on any atom is -0.103 e. The van der Waals surface area contributed by atoms with E-state index in [1.165, 1.54) is 24.0 Å². The maximum absolute atomic E-state index is 3.73. The topological polar surface area (TPSA) is 0 Å². The fourth-order valence-corrected chi connectivity index (χ4v) is 1.50. The molecule has 0 nitrogen and oxygen atoms in total. The first-order chi connectivity index (χ1) is 6.36. The van der Waals surface area contributed by atoms with Gasteiger partial charge in [0.25, 0.3) is 0 Å². The normalized spacial score (nSPS) is 9.92. The van der Waals surface area contributed by atoms with Crippen molar-refractivity contribution >= 4 is 0 Å². The molecule has 0 atom stereocenters. The molecule has 0 bridgehead atoms. The Morgan fingerprint density at radius 2 is 1.92 bits per heavy atom. The van der Waals surface area contributed by atoms with Gasteiger partial charge in [0.1, 0.15) is 0 Å². The summed E-state index contributed by atoms with van der Waals surface area (Å²) in [6.07, 6.45) is 6.61. The van der Waals surface area contributed by atoms with Gasteiger partial charge in [0, 0.05) is 0 Å². The van der Waals surface area contributed by atoms with Crippen LogP contribution in [0.25, 0.3) is 0 Å². The van der Waals surface area contributed by atoms with Gasteiger partial charge >= 0.3 is 0 Å². The summed E-state index contributed by atoms with van der Waals surface area (Å²) in [5.74, 6) is 0. The van der Waals surface area contributed by atoms with E-state index in [9.17, 15) is 0 Å². The highest BCUT2D eigenvalue weighted by molar-refractivity contribution is 5.23. The van der Waals surface area contributed by atoms with Crippen LogP contribution in [-0.2, 0) is 12.8 Å². The zero-order valence-electron chi connectivity index (χ0n) is 8.42. The lowest BCUT2D eigenvalue weighted by Crippen LogP contribution is -1.87. The third-order valence-corrected chi connectivity index (χ3v) is 2.17. The van der Waals surface area contributed by atoms with Gasteiger partial charge in [-0.15, -0.1) is 6.58 Å². The third-order valence-electron chi connectivity index (χ3n) is 2.17. The van der Waals surface area contributed by atoms with Crippen molar-refractivity contribution in [3.05, 3.63) is 48.0 Å². The monoisotopic (exact) mass is 174 g/mol. The van der Waals surface area contributed by atoms with E-state index in [-0.39, 0.29) is 0 Å². The molecule has 1 aromatic carbocycles. The molecule has 0 N–H and O–H groups in total. The highest BCUT2D eigenvalue weighted by Crippen LogP contribution is 2.09. The molecule has 1 aromatic rings. The smallest absolute Gasteiger partial charge is 0.0244 e. The molecule has 0 aromatic heterocycles. The molecule has 0 aliphatic rings. The van der Waals surface area contributed by atoms with Crippen molar-refractivity contribution < 1.29 is 0 Å².